The Morgan fingerprint density at radius 2 is 2.13 bits per heavy atom. The summed E-state index contributed by atoms with van der Waals surface area (Å²) in [4.78, 5) is 11.1. The van der Waals surface area contributed by atoms with Crippen molar-refractivity contribution < 1.29 is 14.6 Å². The van der Waals surface area contributed by atoms with E-state index >= 15 is 0 Å². The van der Waals surface area contributed by atoms with Gasteiger partial charge in [0.25, 0.3) is 0 Å². The minimum Gasteiger partial charge on any atom is -0.493 e. The van der Waals surface area contributed by atoms with E-state index in [2.05, 4.69) is 30.4 Å². The van der Waals surface area contributed by atoms with Crippen LogP contribution >= 0.6 is 0 Å². The van der Waals surface area contributed by atoms with Crippen LogP contribution in [0.25, 0.3) is 0 Å². The first-order valence-corrected chi connectivity index (χ1v) is 7.99. The largest absolute Gasteiger partial charge is 0.493 e. The van der Waals surface area contributed by atoms with Crippen LogP contribution in [0.4, 0.5) is 0 Å². The van der Waals surface area contributed by atoms with Crippen molar-refractivity contribution in [1.82, 2.24) is 5.32 Å². The Morgan fingerprint density at radius 1 is 1.30 bits per heavy atom. The van der Waals surface area contributed by atoms with Crippen molar-refractivity contribution in [2.75, 3.05) is 6.61 Å². The zero-order valence-corrected chi connectivity index (χ0v) is 13.2. The molecule has 0 radical (unpaired) electrons. The first kappa shape index (κ1) is 15.6. The van der Waals surface area contributed by atoms with E-state index in [0.29, 0.717) is 18.7 Å². The van der Waals surface area contributed by atoms with Gasteiger partial charge in [0.05, 0.1) is 12.2 Å². The number of ether oxygens (including phenoxy) is 1. The number of aryl methyl sites for hydroxylation is 1. The Bertz CT molecular complexity index is 712. The molecule has 1 heterocycles. The molecule has 0 spiro atoms. The zero-order chi connectivity index (χ0) is 16.2. The third-order valence-electron chi connectivity index (χ3n) is 4.26. The molecule has 2 N–H and O–H groups in total. The summed E-state index contributed by atoms with van der Waals surface area (Å²) in [5.74, 6) is 0.119. The van der Waals surface area contributed by atoms with E-state index in [1.165, 1.54) is 11.1 Å². The van der Waals surface area contributed by atoms with Crippen LogP contribution < -0.4 is 10.1 Å². The van der Waals surface area contributed by atoms with E-state index in [1.54, 1.807) is 18.2 Å². The summed E-state index contributed by atoms with van der Waals surface area (Å²) < 4.78 is 5.86. The maximum atomic E-state index is 11.1. The summed E-state index contributed by atoms with van der Waals surface area (Å²) in [5, 5.41) is 12.6. The smallest absolute Gasteiger partial charge is 0.335 e. The van der Waals surface area contributed by atoms with Crippen LogP contribution in [-0.2, 0) is 13.0 Å². The number of hydrogen-bond acceptors (Lipinski definition) is 3. The highest BCUT2D eigenvalue weighted by Gasteiger charge is 2.22. The lowest BCUT2D eigenvalue weighted by Gasteiger charge is -2.28. The van der Waals surface area contributed by atoms with Gasteiger partial charge in [-0.3, -0.25) is 0 Å². The molecule has 2 aromatic carbocycles. The molecule has 1 atom stereocenters. The topological polar surface area (TPSA) is 58.6 Å². The van der Waals surface area contributed by atoms with E-state index in [4.69, 9.17) is 9.84 Å². The Morgan fingerprint density at radius 3 is 2.91 bits per heavy atom. The number of fused-ring (bicyclic) bond motifs is 1. The molecule has 0 fully saturated rings. The van der Waals surface area contributed by atoms with Crippen molar-refractivity contribution >= 4 is 5.97 Å². The van der Waals surface area contributed by atoms with Crippen molar-refractivity contribution in [2.24, 2.45) is 0 Å². The number of rotatable bonds is 5. The quantitative estimate of drug-likeness (QED) is 0.886. The molecule has 23 heavy (non-hydrogen) atoms. The Labute approximate surface area is 136 Å². The summed E-state index contributed by atoms with van der Waals surface area (Å²) in [6, 6.07) is 13.6. The van der Waals surface area contributed by atoms with E-state index < -0.39 is 5.97 Å². The fourth-order valence-corrected chi connectivity index (χ4v) is 3.04. The molecule has 0 amide bonds. The first-order chi connectivity index (χ1) is 11.2. The predicted octanol–water partition coefficient (Wildman–Crippen LogP) is 3.56. The molecule has 0 aromatic heterocycles. The fourth-order valence-electron chi connectivity index (χ4n) is 3.04. The van der Waals surface area contributed by atoms with Gasteiger partial charge < -0.3 is 15.2 Å². The van der Waals surface area contributed by atoms with Gasteiger partial charge in [0, 0.05) is 24.6 Å². The Hall–Kier alpha value is -2.33. The third-order valence-corrected chi connectivity index (χ3v) is 4.26. The molecule has 1 aliphatic rings. The molecule has 3 rings (SSSR count). The number of hydrogen-bond donors (Lipinski definition) is 2. The number of carbonyl (C=O) groups is 1. The average molecular weight is 311 g/mol. The highest BCUT2D eigenvalue weighted by atomic mass is 16.5. The standard InChI is InChI=1S/C19H21NO3/c1-2-14-6-4-8-16-17(9-10-23-18(14)16)20-12-13-5-3-7-15(11-13)19(21)22/h3-8,11,17,20H,2,9-10,12H2,1H3,(H,21,22). The number of para-hydroxylation sites is 1. The summed E-state index contributed by atoms with van der Waals surface area (Å²) in [6.45, 7) is 3.48. The molecular weight excluding hydrogens is 290 g/mol. The van der Waals surface area contributed by atoms with E-state index in [0.717, 1.165) is 24.2 Å². The molecule has 4 nitrogen and oxygen atoms in total. The SMILES string of the molecule is CCc1cccc2c1OCCC2NCc1cccc(C(=O)O)c1. The van der Waals surface area contributed by atoms with Gasteiger partial charge in [-0.05, 0) is 29.7 Å². The van der Waals surface area contributed by atoms with Gasteiger partial charge in [0.2, 0.25) is 0 Å². The molecule has 1 unspecified atom stereocenters. The van der Waals surface area contributed by atoms with Crippen LogP contribution in [0.2, 0.25) is 0 Å². The second-order valence-electron chi connectivity index (χ2n) is 5.77. The summed E-state index contributed by atoms with van der Waals surface area (Å²) in [6.07, 6.45) is 1.87. The summed E-state index contributed by atoms with van der Waals surface area (Å²) in [5.41, 5.74) is 3.74. The number of nitrogens with one attached hydrogen (secondary N) is 1. The van der Waals surface area contributed by atoms with E-state index in [-0.39, 0.29) is 6.04 Å². The fraction of sp³-hybridized carbons (Fsp3) is 0.316. The first-order valence-electron chi connectivity index (χ1n) is 7.99. The molecule has 4 heteroatoms. The van der Waals surface area contributed by atoms with Crippen LogP contribution in [0.5, 0.6) is 5.75 Å². The molecule has 0 aliphatic carbocycles. The van der Waals surface area contributed by atoms with Crippen molar-refractivity contribution in [3.8, 4) is 5.75 Å². The molecule has 1 aliphatic heterocycles. The van der Waals surface area contributed by atoms with Crippen LogP contribution in [0.3, 0.4) is 0 Å². The van der Waals surface area contributed by atoms with Crippen LogP contribution in [0.15, 0.2) is 42.5 Å². The summed E-state index contributed by atoms with van der Waals surface area (Å²) in [7, 11) is 0. The van der Waals surface area contributed by atoms with Gasteiger partial charge in [-0.25, -0.2) is 4.79 Å². The molecule has 0 saturated heterocycles. The van der Waals surface area contributed by atoms with E-state index in [1.807, 2.05) is 6.07 Å². The normalized spacial score (nSPS) is 16.5. The summed E-state index contributed by atoms with van der Waals surface area (Å²) >= 11 is 0. The average Bonchev–Trinajstić information content (AvgIpc) is 2.59. The molecule has 0 saturated carbocycles. The number of carboxylic acids is 1. The van der Waals surface area contributed by atoms with Gasteiger partial charge in [0.15, 0.2) is 0 Å². The van der Waals surface area contributed by atoms with Gasteiger partial charge in [-0.1, -0.05) is 37.3 Å². The highest BCUT2D eigenvalue weighted by molar-refractivity contribution is 5.87. The number of aromatic carboxylic acids is 1. The Kier molecular flexibility index (Phi) is 4.63. The lowest BCUT2D eigenvalue weighted by molar-refractivity contribution is 0.0696. The number of carboxylic acid groups (broad SMARTS) is 1. The predicted molar refractivity (Wildman–Crippen MR) is 88.9 cm³/mol. The van der Waals surface area contributed by atoms with Gasteiger partial charge in [0.1, 0.15) is 5.75 Å². The highest BCUT2D eigenvalue weighted by Crippen LogP contribution is 2.35. The Balaban J connectivity index is 1.75. The monoisotopic (exact) mass is 311 g/mol. The van der Waals surface area contributed by atoms with Crippen molar-refractivity contribution in [2.45, 2.75) is 32.4 Å². The lowest BCUT2D eigenvalue weighted by Crippen LogP contribution is -2.27. The van der Waals surface area contributed by atoms with Gasteiger partial charge in [-0.2, -0.15) is 0 Å². The second-order valence-corrected chi connectivity index (χ2v) is 5.77. The van der Waals surface area contributed by atoms with Crippen molar-refractivity contribution in [1.29, 1.82) is 0 Å². The molecular formula is C19H21NO3. The van der Waals surface area contributed by atoms with Crippen LogP contribution in [-0.4, -0.2) is 17.7 Å². The van der Waals surface area contributed by atoms with Crippen LogP contribution in [0.1, 0.15) is 46.4 Å². The molecule has 0 bridgehead atoms. The minimum absolute atomic E-state index is 0.235. The molecule has 2 aromatic rings. The maximum absolute atomic E-state index is 11.1. The third kappa shape index (κ3) is 3.37. The van der Waals surface area contributed by atoms with Crippen LogP contribution in [0, 0.1) is 0 Å². The maximum Gasteiger partial charge on any atom is 0.335 e. The van der Waals surface area contributed by atoms with Gasteiger partial charge >= 0.3 is 5.97 Å². The van der Waals surface area contributed by atoms with Crippen molar-refractivity contribution in [3.63, 3.8) is 0 Å². The second kappa shape index (κ2) is 6.84. The van der Waals surface area contributed by atoms with Crippen molar-refractivity contribution in [3.05, 3.63) is 64.7 Å². The minimum atomic E-state index is -0.893. The molecule has 120 valence electrons. The zero-order valence-electron chi connectivity index (χ0n) is 13.2. The lowest BCUT2D eigenvalue weighted by atomic mass is 9.96. The number of benzene rings is 2. The van der Waals surface area contributed by atoms with E-state index in [9.17, 15) is 4.79 Å². The van der Waals surface area contributed by atoms with Gasteiger partial charge in [-0.15, -0.1) is 0 Å².